The van der Waals surface area contributed by atoms with Crippen LogP contribution in [0.5, 0.6) is 0 Å². The van der Waals surface area contributed by atoms with Gasteiger partial charge in [0.15, 0.2) is 6.10 Å². The van der Waals surface area contributed by atoms with E-state index in [0.717, 1.165) is 11.4 Å². The Labute approximate surface area is 157 Å². The highest BCUT2D eigenvalue weighted by atomic mass is 16.5. The number of imide groups is 1. The van der Waals surface area contributed by atoms with E-state index < -0.39 is 29.6 Å². The predicted molar refractivity (Wildman–Crippen MR) is 99.6 cm³/mol. The highest BCUT2D eigenvalue weighted by Gasteiger charge is 2.22. The van der Waals surface area contributed by atoms with Gasteiger partial charge in [0.1, 0.15) is 0 Å². The van der Waals surface area contributed by atoms with Crippen molar-refractivity contribution >= 4 is 17.9 Å². The number of amides is 3. The first-order valence-corrected chi connectivity index (χ1v) is 8.52. The van der Waals surface area contributed by atoms with Gasteiger partial charge in [-0.25, -0.2) is 14.3 Å². The highest BCUT2D eigenvalue weighted by Crippen LogP contribution is 2.12. The van der Waals surface area contributed by atoms with Crippen LogP contribution in [0, 0.1) is 6.92 Å². The van der Waals surface area contributed by atoms with Gasteiger partial charge in [0.2, 0.25) is 0 Å². The van der Waals surface area contributed by atoms with Crippen LogP contribution >= 0.6 is 0 Å². The molecule has 0 aliphatic heterocycles. The Balaban J connectivity index is 1.95. The molecule has 0 aliphatic rings. The monoisotopic (exact) mass is 372 g/mol. The number of carbonyl (C=O) groups is 3. The Hall–Kier alpha value is -3.16. The SMILES string of the molecule is Cc1ccnn1-c1ccc(C(=O)O[C@H](C)C(=O)NC(=O)NC(C)(C)C)cc1. The molecular formula is C19H24N4O4. The topological polar surface area (TPSA) is 102 Å². The van der Waals surface area contributed by atoms with Gasteiger partial charge >= 0.3 is 12.0 Å². The lowest BCUT2D eigenvalue weighted by molar-refractivity contribution is -0.127. The smallest absolute Gasteiger partial charge is 0.338 e. The number of benzene rings is 1. The number of hydrogen-bond acceptors (Lipinski definition) is 5. The van der Waals surface area contributed by atoms with E-state index in [-0.39, 0.29) is 0 Å². The quantitative estimate of drug-likeness (QED) is 0.802. The Morgan fingerprint density at radius 3 is 2.26 bits per heavy atom. The first kappa shape index (κ1) is 20.2. The maximum atomic E-state index is 12.2. The lowest BCUT2D eigenvalue weighted by atomic mass is 10.1. The molecule has 0 spiro atoms. The minimum absolute atomic E-state index is 0.294. The molecule has 144 valence electrons. The third kappa shape index (κ3) is 5.67. The van der Waals surface area contributed by atoms with E-state index >= 15 is 0 Å². The Morgan fingerprint density at radius 2 is 1.74 bits per heavy atom. The highest BCUT2D eigenvalue weighted by molar-refractivity contribution is 5.98. The summed E-state index contributed by atoms with van der Waals surface area (Å²) >= 11 is 0. The largest absolute Gasteiger partial charge is 0.449 e. The molecule has 0 aliphatic carbocycles. The Kier molecular flexibility index (Phi) is 5.99. The second-order valence-corrected chi connectivity index (χ2v) is 7.17. The number of nitrogens with zero attached hydrogens (tertiary/aromatic N) is 2. The number of esters is 1. The van der Waals surface area contributed by atoms with Crippen LogP contribution in [0.2, 0.25) is 0 Å². The van der Waals surface area contributed by atoms with E-state index in [1.54, 1.807) is 55.9 Å². The van der Waals surface area contributed by atoms with Gasteiger partial charge in [-0.1, -0.05) is 0 Å². The van der Waals surface area contributed by atoms with Gasteiger partial charge in [-0.2, -0.15) is 5.10 Å². The molecule has 2 rings (SSSR count). The fourth-order valence-corrected chi connectivity index (χ4v) is 2.25. The first-order chi connectivity index (χ1) is 12.6. The van der Waals surface area contributed by atoms with Crippen molar-refractivity contribution in [1.29, 1.82) is 0 Å². The number of ether oxygens (including phenoxy) is 1. The average molecular weight is 372 g/mol. The lowest BCUT2D eigenvalue weighted by Crippen LogP contribution is -2.50. The molecule has 1 aromatic carbocycles. The molecule has 3 amide bonds. The van der Waals surface area contributed by atoms with Gasteiger partial charge in [-0.15, -0.1) is 0 Å². The van der Waals surface area contributed by atoms with Crippen molar-refractivity contribution in [3.8, 4) is 5.69 Å². The molecule has 0 radical (unpaired) electrons. The molecule has 0 saturated carbocycles. The zero-order valence-electron chi connectivity index (χ0n) is 16.1. The average Bonchev–Trinajstić information content (AvgIpc) is 2.99. The van der Waals surface area contributed by atoms with Crippen LogP contribution in [0.25, 0.3) is 5.69 Å². The van der Waals surface area contributed by atoms with E-state index in [0.29, 0.717) is 5.56 Å². The number of aromatic nitrogens is 2. The number of aryl methyl sites for hydroxylation is 1. The van der Waals surface area contributed by atoms with Crippen LogP contribution in [0.1, 0.15) is 43.7 Å². The summed E-state index contributed by atoms with van der Waals surface area (Å²) in [6, 6.07) is 7.88. The van der Waals surface area contributed by atoms with Crippen molar-refractivity contribution in [3.63, 3.8) is 0 Å². The van der Waals surface area contributed by atoms with Gasteiger partial charge in [0.25, 0.3) is 5.91 Å². The van der Waals surface area contributed by atoms with E-state index in [1.165, 1.54) is 6.92 Å². The van der Waals surface area contributed by atoms with Gasteiger partial charge < -0.3 is 10.1 Å². The molecule has 8 heteroatoms. The molecule has 2 N–H and O–H groups in total. The van der Waals surface area contributed by atoms with Crippen molar-refractivity contribution in [1.82, 2.24) is 20.4 Å². The van der Waals surface area contributed by atoms with Crippen LogP contribution in [0.15, 0.2) is 36.5 Å². The van der Waals surface area contributed by atoms with E-state index in [4.69, 9.17) is 4.74 Å². The molecule has 27 heavy (non-hydrogen) atoms. The van der Waals surface area contributed by atoms with E-state index in [1.807, 2.05) is 13.0 Å². The summed E-state index contributed by atoms with van der Waals surface area (Å²) in [7, 11) is 0. The van der Waals surface area contributed by atoms with Crippen LogP contribution in [0.3, 0.4) is 0 Å². The van der Waals surface area contributed by atoms with Crippen molar-refractivity contribution < 1.29 is 19.1 Å². The fraction of sp³-hybridized carbons (Fsp3) is 0.368. The van der Waals surface area contributed by atoms with Gasteiger partial charge in [0, 0.05) is 17.4 Å². The molecular weight excluding hydrogens is 348 g/mol. The summed E-state index contributed by atoms with van der Waals surface area (Å²) in [4.78, 5) is 35.9. The van der Waals surface area contributed by atoms with Crippen LogP contribution in [-0.2, 0) is 9.53 Å². The normalized spacial score (nSPS) is 12.2. The molecule has 1 aromatic heterocycles. The maximum absolute atomic E-state index is 12.2. The Bertz CT molecular complexity index is 834. The summed E-state index contributed by atoms with van der Waals surface area (Å²) < 4.78 is 6.87. The minimum atomic E-state index is -1.11. The Morgan fingerprint density at radius 1 is 1.11 bits per heavy atom. The summed E-state index contributed by atoms with van der Waals surface area (Å²) in [5.74, 6) is -1.36. The number of hydrogen-bond donors (Lipinski definition) is 2. The third-order valence-corrected chi connectivity index (χ3v) is 3.56. The number of rotatable bonds is 4. The molecule has 1 heterocycles. The van der Waals surface area contributed by atoms with Gasteiger partial charge in [-0.3, -0.25) is 10.1 Å². The fourth-order valence-electron chi connectivity index (χ4n) is 2.25. The molecule has 0 fully saturated rings. The van der Waals surface area contributed by atoms with E-state index in [2.05, 4.69) is 15.7 Å². The van der Waals surface area contributed by atoms with E-state index in [9.17, 15) is 14.4 Å². The van der Waals surface area contributed by atoms with Crippen LogP contribution < -0.4 is 10.6 Å². The van der Waals surface area contributed by atoms with Gasteiger partial charge in [-0.05, 0) is 65.0 Å². The number of carbonyl (C=O) groups excluding carboxylic acids is 3. The lowest BCUT2D eigenvalue weighted by Gasteiger charge is -2.21. The standard InChI is InChI=1S/C19H24N4O4/c1-12-10-11-20-23(12)15-8-6-14(7-9-15)17(25)27-13(2)16(24)21-18(26)22-19(3,4)5/h6-11,13H,1-5H3,(H2,21,22,24,26)/t13-/m1/s1. The zero-order valence-corrected chi connectivity index (χ0v) is 16.1. The van der Waals surface area contributed by atoms with Crippen molar-refractivity contribution in [2.45, 2.75) is 46.3 Å². The molecule has 0 saturated heterocycles. The molecule has 8 nitrogen and oxygen atoms in total. The summed E-state index contributed by atoms with van der Waals surface area (Å²) in [5, 5.41) is 8.94. The molecule has 2 aromatic rings. The van der Waals surface area contributed by atoms with Crippen molar-refractivity contribution in [2.24, 2.45) is 0 Å². The van der Waals surface area contributed by atoms with Crippen LogP contribution in [0.4, 0.5) is 4.79 Å². The van der Waals surface area contributed by atoms with Crippen molar-refractivity contribution in [2.75, 3.05) is 0 Å². The van der Waals surface area contributed by atoms with Crippen molar-refractivity contribution in [3.05, 3.63) is 47.8 Å². The number of urea groups is 1. The summed E-state index contributed by atoms with van der Waals surface area (Å²) in [6.45, 7) is 8.68. The number of nitrogens with one attached hydrogen (secondary N) is 2. The maximum Gasteiger partial charge on any atom is 0.338 e. The first-order valence-electron chi connectivity index (χ1n) is 8.52. The molecule has 0 bridgehead atoms. The van der Waals surface area contributed by atoms with Gasteiger partial charge in [0.05, 0.1) is 11.3 Å². The second kappa shape index (κ2) is 8.03. The van der Waals surface area contributed by atoms with Crippen LogP contribution in [-0.4, -0.2) is 39.3 Å². The third-order valence-electron chi connectivity index (χ3n) is 3.56. The zero-order chi connectivity index (χ0) is 20.2. The predicted octanol–water partition coefficient (Wildman–Crippen LogP) is 2.35. The summed E-state index contributed by atoms with van der Waals surface area (Å²) in [5.41, 5.74) is 1.57. The molecule has 0 unspecified atom stereocenters. The second-order valence-electron chi connectivity index (χ2n) is 7.17. The molecule has 1 atom stereocenters. The minimum Gasteiger partial charge on any atom is -0.449 e. The summed E-state index contributed by atoms with van der Waals surface area (Å²) in [6.07, 6.45) is 0.574.